The van der Waals surface area contributed by atoms with Crippen LogP contribution < -0.4 is 9.62 Å². The van der Waals surface area contributed by atoms with Crippen molar-refractivity contribution in [3.8, 4) is 0 Å². The minimum atomic E-state index is -3.83. The molecule has 0 aliphatic heterocycles. The fraction of sp³-hybridized carbons (Fsp3) is 0.310. The topological polar surface area (TPSA) is 86.8 Å². The number of para-hydroxylation sites is 1. The summed E-state index contributed by atoms with van der Waals surface area (Å²) in [6, 6.07) is 21.7. The van der Waals surface area contributed by atoms with Crippen LogP contribution in [0, 0.1) is 5.92 Å². The Morgan fingerprint density at radius 2 is 1.44 bits per heavy atom. The maximum atomic E-state index is 14.0. The zero-order valence-electron chi connectivity index (χ0n) is 22.2. The highest BCUT2D eigenvalue weighted by Gasteiger charge is 2.33. The van der Waals surface area contributed by atoms with E-state index in [1.165, 1.54) is 4.90 Å². The van der Waals surface area contributed by atoms with Crippen molar-refractivity contribution in [2.75, 3.05) is 23.7 Å². The van der Waals surface area contributed by atoms with Gasteiger partial charge in [-0.05, 0) is 35.7 Å². The Balaban J connectivity index is 2.08. The Bertz CT molecular complexity index is 1350. The summed E-state index contributed by atoms with van der Waals surface area (Å²) < 4.78 is 26.6. The number of carbonyl (C=O) groups is 2. The predicted molar refractivity (Wildman–Crippen MR) is 157 cm³/mol. The van der Waals surface area contributed by atoms with Crippen molar-refractivity contribution in [3.63, 3.8) is 0 Å². The van der Waals surface area contributed by atoms with E-state index in [1.54, 1.807) is 48.5 Å². The van der Waals surface area contributed by atoms with Gasteiger partial charge in [0.2, 0.25) is 21.8 Å². The van der Waals surface area contributed by atoms with Crippen LogP contribution in [-0.4, -0.2) is 50.5 Å². The summed E-state index contributed by atoms with van der Waals surface area (Å²) in [6.45, 7) is 3.77. The number of benzene rings is 3. The molecule has 0 spiro atoms. The molecule has 0 bridgehead atoms. The number of nitrogens with one attached hydrogen (secondary N) is 1. The molecule has 7 nitrogen and oxygen atoms in total. The van der Waals surface area contributed by atoms with Crippen molar-refractivity contribution in [2.45, 2.75) is 32.9 Å². The summed E-state index contributed by atoms with van der Waals surface area (Å²) in [5, 5.41) is 3.61. The third-order valence-corrected chi connectivity index (χ3v) is 7.92. The normalized spacial score (nSPS) is 12.2. The summed E-state index contributed by atoms with van der Waals surface area (Å²) in [4.78, 5) is 29.0. The lowest BCUT2D eigenvalue weighted by atomic mass is 10.0. The van der Waals surface area contributed by atoms with E-state index in [0.29, 0.717) is 27.8 Å². The third-order valence-electron chi connectivity index (χ3n) is 6.07. The molecule has 0 heterocycles. The minimum Gasteiger partial charge on any atom is -0.354 e. The smallest absolute Gasteiger partial charge is 0.244 e. The van der Waals surface area contributed by atoms with E-state index in [9.17, 15) is 18.0 Å². The Labute approximate surface area is 240 Å². The maximum Gasteiger partial charge on any atom is 0.244 e. The number of nitrogens with zero attached hydrogens (tertiary/aromatic N) is 2. The average Bonchev–Trinajstić information content (AvgIpc) is 2.89. The number of hydrogen-bond donors (Lipinski definition) is 1. The van der Waals surface area contributed by atoms with E-state index in [2.05, 4.69) is 5.32 Å². The van der Waals surface area contributed by atoms with Crippen LogP contribution in [0.2, 0.25) is 10.0 Å². The monoisotopic (exact) mass is 589 g/mol. The van der Waals surface area contributed by atoms with Gasteiger partial charge < -0.3 is 10.2 Å². The number of carbonyl (C=O) groups excluding carboxylic acids is 2. The van der Waals surface area contributed by atoms with E-state index in [4.69, 9.17) is 23.2 Å². The van der Waals surface area contributed by atoms with Crippen LogP contribution in [0.1, 0.15) is 25.0 Å². The third kappa shape index (κ3) is 8.71. The molecule has 2 amide bonds. The highest BCUT2D eigenvalue weighted by Crippen LogP contribution is 2.28. The van der Waals surface area contributed by atoms with Crippen LogP contribution in [0.5, 0.6) is 0 Å². The fourth-order valence-electron chi connectivity index (χ4n) is 4.04. The summed E-state index contributed by atoms with van der Waals surface area (Å²) in [5.41, 5.74) is 1.65. The van der Waals surface area contributed by atoms with Gasteiger partial charge in [-0.15, -0.1) is 0 Å². The van der Waals surface area contributed by atoms with Crippen molar-refractivity contribution >= 4 is 50.7 Å². The van der Waals surface area contributed by atoms with Crippen LogP contribution in [0.15, 0.2) is 78.9 Å². The number of sulfonamides is 1. The quantitative estimate of drug-likeness (QED) is 0.315. The van der Waals surface area contributed by atoms with Crippen molar-refractivity contribution in [1.82, 2.24) is 10.2 Å². The maximum absolute atomic E-state index is 14.0. The molecule has 1 unspecified atom stereocenters. The zero-order chi connectivity index (χ0) is 28.6. The molecule has 0 saturated carbocycles. The number of hydrogen-bond acceptors (Lipinski definition) is 4. The molecule has 0 aliphatic rings. The Hall–Kier alpha value is -3.07. The minimum absolute atomic E-state index is 0.0870. The van der Waals surface area contributed by atoms with Gasteiger partial charge in [0.25, 0.3) is 0 Å². The molecule has 0 saturated heterocycles. The first-order chi connectivity index (χ1) is 18.5. The molecule has 1 atom stereocenters. The van der Waals surface area contributed by atoms with E-state index < -0.39 is 28.5 Å². The molecule has 3 aromatic rings. The molecule has 0 aromatic heterocycles. The van der Waals surface area contributed by atoms with Crippen LogP contribution in [0.25, 0.3) is 0 Å². The molecule has 3 rings (SSSR count). The highest BCUT2D eigenvalue weighted by molar-refractivity contribution is 7.92. The highest BCUT2D eigenvalue weighted by atomic mass is 35.5. The van der Waals surface area contributed by atoms with Crippen molar-refractivity contribution < 1.29 is 18.0 Å². The summed E-state index contributed by atoms with van der Waals surface area (Å²) in [5.74, 6) is -0.733. The van der Waals surface area contributed by atoms with E-state index >= 15 is 0 Å². The number of amides is 2. The van der Waals surface area contributed by atoms with Gasteiger partial charge in [-0.2, -0.15) is 0 Å². The number of halogens is 2. The van der Waals surface area contributed by atoms with Gasteiger partial charge in [0, 0.05) is 35.1 Å². The van der Waals surface area contributed by atoms with E-state index in [0.717, 1.165) is 16.1 Å². The van der Waals surface area contributed by atoms with Crippen molar-refractivity contribution in [2.24, 2.45) is 5.92 Å². The second-order valence-corrected chi connectivity index (χ2v) is 12.4. The molecule has 0 aliphatic carbocycles. The van der Waals surface area contributed by atoms with Gasteiger partial charge in [-0.3, -0.25) is 13.9 Å². The van der Waals surface area contributed by atoms with Gasteiger partial charge in [-0.1, -0.05) is 91.6 Å². The number of anilines is 1. The van der Waals surface area contributed by atoms with Gasteiger partial charge in [-0.25, -0.2) is 8.42 Å². The first kappa shape index (κ1) is 30.5. The molecule has 0 radical (unpaired) electrons. The average molecular weight is 591 g/mol. The van der Waals surface area contributed by atoms with Gasteiger partial charge in [0.05, 0.1) is 11.9 Å². The second kappa shape index (κ2) is 13.8. The van der Waals surface area contributed by atoms with Crippen LogP contribution >= 0.6 is 23.2 Å². The SMILES string of the molecule is CC(C)CNC(=O)C(Cc1ccccc1)N(Cc1c(Cl)cccc1Cl)C(=O)CN(c1ccccc1)S(C)(=O)=O. The molecule has 10 heteroatoms. The van der Waals surface area contributed by atoms with Crippen LogP contribution in [-0.2, 0) is 32.6 Å². The molecule has 0 fully saturated rings. The van der Waals surface area contributed by atoms with Crippen LogP contribution in [0.3, 0.4) is 0 Å². The second-order valence-electron chi connectivity index (χ2n) is 9.67. The zero-order valence-corrected chi connectivity index (χ0v) is 24.5. The standard InChI is InChI=1S/C29H33Cl2N3O4S/c1-21(2)18-32-29(36)27(17-22-11-6-4-7-12-22)33(19-24-25(30)15-10-16-26(24)31)28(35)20-34(39(3,37)38)23-13-8-5-9-14-23/h4-16,21,27H,17-20H2,1-3H3,(H,32,36). The van der Waals surface area contributed by atoms with Crippen LogP contribution in [0.4, 0.5) is 5.69 Å². The van der Waals surface area contributed by atoms with Gasteiger partial charge >= 0.3 is 0 Å². The van der Waals surface area contributed by atoms with Crippen molar-refractivity contribution in [3.05, 3.63) is 100 Å². The van der Waals surface area contributed by atoms with Gasteiger partial charge in [0.1, 0.15) is 12.6 Å². The molecule has 3 aromatic carbocycles. The Morgan fingerprint density at radius 1 is 0.872 bits per heavy atom. The molecular weight excluding hydrogens is 557 g/mol. The lowest BCUT2D eigenvalue weighted by Crippen LogP contribution is -2.53. The Kier molecular flexibility index (Phi) is 10.8. The Morgan fingerprint density at radius 3 is 1.97 bits per heavy atom. The van der Waals surface area contributed by atoms with E-state index in [1.807, 2.05) is 44.2 Å². The number of rotatable bonds is 12. The van der Waals surface area contributed by atoms with Gasteiger partial charge in [0.15, 0.2) is 0 Å². The summed E-state index contributed by atoms with van der Waals surface area (Å²) >= 11 is 12.9. The molecule has 1 N–H and O–H groups in total. The first-order valence-corrected chi connectivity index (χ1v) is 15.1. The van der Waals surface area contributed by atoms with Crippen molar-refractivity contribution in [1.29, 1.82) is 0 Å². The molecular formula is C29H33Cl2N3O4S. The fourth-order valence-corrected chi connectivity index (χ4v) is 5.40. The molecule has 208 valence electrons. The van der Waals surface area contributed by atoms with E-state index in [-0.39, 0.29) is 24.8 Å². The first-order valence-electron chi connectivity index (χ1n) is 12.5. The lowest BCUT2D eigenvalue weighted by Gasteiger charge is -2.34. The largest absolute Gasteiger partial charge is 0.354 e. The predicted octanol–water partition coefficient (Wildman–Crippen LogP) is 5.17. The lowest BCUT2D eigenvalue weighted by molar-refractivity contribution is -0.140. The molecule has 39 heavy (non-hydrogen) atoms. The summed E-state index contributed by atoms with van der Waals surface area (Å²) in [6.07, 6.45) is 1.25. The summed E-state index contributed by atoms with van der Waals surface area (Å²) in [7, 11) is -3.83.